The molecule has 0 aromatic carbocycles. The van der Waals surface area contributed by atoms with E-state index in [2.05, 4.69) is 4.98 Å². The zero-order valence-electron chi connectivity index (χ0n) is 9.98. The Balaban J connectivity index is 2.05. The molecule has 1 aromatic rings. The van der Waals surface area contributed by atoms with Gasteiger partial charge in [0.15, 0.2) is 17.9 Å². The summed E-state index contributed by atoms with van der Waals surface area (Å²) in [6.07, 6.45) is 5.84. The van der Waals surface area contributed by atoms with E-state index in [4.69, 9.17) is 9.15 Å². The summed E-state index contributed by atoms with van der Waals surface area (Å²) in [7, 11) is 0. The highest BCUT2D eigenvalue weighted by atomic mass is 16.5. The van der Waals surface area contributed by atoms with Gasteiger partial charge in [-0.3, -0.25) is 9.59 Å². The van der Waals surface area contributed by atoms with E-state index in [-0.39, 0.29) is 11.8 Å². The van der Waals surface area contributed by atoms with Gasteiger partial charge in [0.1, 0.15) is 0 Å². The highest BCUT2D eigenvalue weighted by Gasteiger charge is 2.09. The smallest absolute Gasteiger partial charge is 0.305 e. The number of aromatic nitrogens is 1. The molecule has 0 aliphatic carbocycles. The summed E-state index contributed by atoms with van der Waals surface area (Å²) in [5, 5.41) is 0. The average Bonchev–Trinajstić information content (AvgIpc) is 2.82. The zero-order valence-corrected chi connectivity index (χ0v) is 9.98. The van der Waals surface area contributed by atoms with Gasteiger partial charge in [-0.25, -0.2) is 4.98 Å². The van der Waals surface area contributed by atoms with Crippen molar-refractivity contribution >= 4 is 11.8 Å². The summed E-state index contributed by atoms with van der Waals surface area (Å²) in [5.41, 5.74) is 0. The van der Waals surface area contributed by atoms with Gasteiger partial charge in [0.25, 0.3) is 0 Å². The van der Waals surface area contributed by atoms with Crippen molar-refractivity contribution in [1.29, 1.82) is 0 Å². The topological polar surface area (TPSA) is 69.4 Å². The van der Waals surface area contributed by atoms with Crippen LogP contribution >= 0.6 is 0 Å². The predicted octanol–water partition coefficient (Wildman–Crippen LogP) is 2.37. The standard InChI is InChI=1S/C12H17NO4/c1-2-16-12(15)7-5-3-4-6-10(14)11-8-13-9-17-11/h8-9H,2-7H2,1H3. The Hall–Kier alpha value is -1.65. The maximum atomic E-state index is 11.5. The number of carbonyl (C=O) groups excluding carboxylic acids is 2. The summed E-state index contributed by atoms with van der Waals surface area (Å²) < 4.78 is 9.69. The molecule has 0 aliphatic rings. The number of nitrogens with zero attached hydrogens (tertiary/aromatic N) is 1. The number of ketones is 1. The van der Waals surface area contributed by atoms with E-state index in [1.165, 1.54) is 12.6 Å². The van der Waals surface area contributed by atoms with Crippen molar-refractivity contribution in [1.82, 2.24) is 4.98 Å². The van der Waals surface area contributed by atoms with Gasteiger partial charge in [0.2, 0.25) is 0 Å². The number of rotatable bonds is 8. The van der Waals surface area contributed by atoms with E-state index in [9.17, 15) is 9.59 Å². The minimum Gasteiger partial charge on any atom is -0.466 e. The van der Waals surface area contributed by atoms with Gasteiger partial charge in [0.05, 0.1) is 12.8 Å². The van der Waals surface area contributed by atoms with Gasteiger partial charge in [-0.05, 0) is 19.8 Å². The van der Waals surface area contributed by atoms with Gasteiger partial charge >= 0.3 is 5.97 Å². The average molecular weight is 239 g/mol. The maximum absolute atomic E-state index is 11.5. The van der Waals surface area contributed by atoms with Crippen molar-refractivity contribution in [3.63, 3.8) is 0 Å². The minimum atomic E-state index is -0.172. The van der Waals surface area contributed by atoms with E-state index in [1.54, 1.807) is 6.92 Å². The number of hydrogen-bond acceptors (Lipinski definition) is 5. The van der Waals surface area contributed by atoms with Crippen LogP contribution in [0.25, 0.3) is 0 Å². The molecule has 0 atom stereocenters. The molecule has 5 nitrogen and oxygen atoms in total. The van der Waals surface area contributed by atoms with Crippen LogP contribution in [0.2, 0.25) is 0 Å². The van der Waals surface area contributed by atoms with Crippen LogP contribution in [0.1, 0.15) is 49.6 Å². The third-order valence-electron chi connectivity index (χ3n) is 2.30. The summed E-state index contributed by atoms with van der Waals surface area (Å²) in [5.74, 6) is 0.0862. The Morgan fingerprint density at radius 1 is 1.29 bits per heavy atom. The first-order chi connectivity index (χ1) is 8.24. The molecule has 0 N–H and O–H groups in total. The van der Waals surface area contributed by atoms with Gasteiger partial charge in [-0.15, -0.1) is 0 Å². The highest BCUT2D eigenvalue weighted by molar-refractivity contribution is 5.92. The number of hydrogen-bond donors (Lipinski definition) is 0. The fourth-order valence-electron chi connectivity index (χ4n) is 1.44. The lowest BCUT2D eigenvalue weighted by molar-refractivity contribution is -0.143. The van der Waals surface area contributed by atoms with E-state index in [0.29, 0.717) is 25.2 Å². The first kappa shape index (κ1) is 13.4. The molecule has 94 valence electrons. The molecule has 1 rings (SSSR count). The van der Waals surface area contributed by atoms with Crippen LogP contribution < -0.4 is 0 Å². The van der Waals surface area contributed by atoms with Crippen LogP contribution in [-0.4, -0.2) is 23.3 Å². The molecule has 0 saturated carbocycles. The molecule has 0 unspecified atom stereocenters. The second-order valence-corrected chi connectivity index (χ2v) is 3.65. The third-order valence-corrected chi connectivity index (χ3v) is 2.30. The molecular formula is C12H17NO4. The van der Waals surface area contributed by atoms with Crippen LogP contribution in [0.4, 0.5) is 0 Å². The van der Waals surface area contributed by atoms with Crippen molar-refractivity contribution in [3.8, 4) is 0 Å². The fourth-order valence-corrected chi connectivity index (χ4v) is 1.44. The van der Waals surface area contributed by atoms with Crippen LogP contribution in [0.3, 0.4) is 0 Å². The molecule has 0 amide bonds. The highest BCUT2D eigenvalue weighted by Crippen LogP contribution is 2.09. The van der Waals surface area contributed by atoms with Crippen molar-refractivity contribution in [2.24, 2.45) is 0 Å². The first-order valence-corrected chi connectivity index (χ1v) is 5.81. The zero-order chi connectivity index (χ0) is 12.5. The van der Waals surface area contributed by atoms with E-state index < -0.39 is 0 Å². The number of oxazole rings is 1. The van der Waals surface area contributed by atoms with Crippen molar-refractivity contribution < 1.29 is 18.7 Å². The molecule has 1 heterocycles. The van der Waals surface area contributed by atoms with Gasteiger partial charge in [-0.1, -0.05) is 6.42 Å². The first-order valence-electron chi connectivity index (χ1n) is 5.81. The molecule has 1 aromatic heterocycles. The predicted molar refractivity (Wildman–Crippen MR) is 60.6 cm³/mol. The molecular weight excluding hydrogens is 222 g/mol. The van der Waals surface area contributed by atoms with Crippen molar-refractivity contribution in [2.45, 2.75) is 39.0 Å². The molecule has 0 spiro atoms. The second kappa shape index (κ2) is 7.60. The lowest BCUT2D eigenvalue weighted by atomic mass is 10.1. The van der Waals surface area contributed by atoms with Crippen LogP contribution in [0.15, 0.2) is 17.0 Å². The summed E-state index contributed by atoms with van der Waals surface area (Å²) in [4.78, 5) is 26.2. The fraction of sp³-hybridized carbons (Fsp3) is 0.583. The van der Waals surface area contributed by atoms with E-state index in [0.717, 1.165) is 19.3 Å². The van der Waals surface area contributed by atoms with Crippen LogP contribution in [-0.2, 0) is 9.53 Å². The second-order valence-electron chi connectivity index (χ2n) is 3.65. The Labute approximate surface area is 100 Å². The van der Waals surface area contributed by atoms with Gasteiger partial charge in [0, 0.05) is 12.8 Å². The van der Waals surface area contributed by atoms with Crippen LogP contribution in [0, 0.1) is 0 Å². The SMILES string of the molecule is CCOC(=O)CCCCCC(=O)c1cnco1. The Morgan fingerprint density at radius 2 is 2.06 bits per heavy atom. The number of esters is 1. The Kier molecular flexibility index (Phi) is 5.99. The number of carbonyl (C=O) groups is 2. The van der Waals surface area contributed by atoms with Crippen molar-refractivity contribution in [3.05, 3.63) is 18.4 Å². The summed E-state index contributed by atoms with van der Waals surface area (Å²) >= 11 is 0. The quantitative estimate of drug-likeness (QED) is 0.395. The molecule has 5 heteroatoms. The monoisotopic (exact) mass is 239 g/mol. The maximum Gasteiger partial charge on any atom is 0.305 e. The minimum absolute atomic E-state index is 0.0429. The van der Waals surface area contributed by atoms with Gasteiger partial charge < -0.3 is 9.15 Å². The number of ether oxygens (including phenoxy) is 1. The molecule has 0 radical (unpaired) electrons. The van der Waals surface area contributed by atoms with Crippen LogP contribution in [0.5, 0.6) is 0 Å². The lowest BCUT2D eigenvalue weighted by Crippen LogP contribution is -2.03. The number of Topliss-reactive ketones (excluding diaryl/α,β-unsaturated/α-hetero) is 1. The van der Waals surface area contributed by atoms with Crippen molar-refractivity contribution in [2.75, 3.05) is 6.61 Å². The molecule has 17 heavy (non-hydrogen) atoms. The van der Waals surface area contributed by atoms with E-state index in [1.807, 2.05) is 0 Å². The summed E-state index contributed by atoms with van der Waals surface area (Å²) in [6.45, 7) is 2.21. The summed E-state index contributed by atoms with van der Waals surface area (Å²) in [6, 6.07) is 0. The number of unbranched alkanes of at least 4 members (excludes halogenated alkanes) is 2. The molecule has 0 fully saturated rings. The lowest BCUT2D eigenvalue weighted by Gasteiger charge is -2.01. The molecule has 0 bridgehead atoms. The largest absolute Gasteiger partial charge is 0.466 e. The molecule has 0 saturated heterocycles. The van der Waals surface area contributed by atoms with Gasteiger partial charge in [-0.2, -0.15) is 0 Å². The normalized spacial score (nSPS) is 10.2. The third kappa shape index (κ3) is 5.29. The molecule has 0 aliphatic heterocycles. The van der Waals surface area contributed by atoms with E-state index >= 15 is 0 Å². The Morgan fingerprint density at radius 3 is 2.71 bits per heavy atom. The Bertz CT molecular complexity index is 345.